The Morgan fingerprint density at radius 2 is 0.921 bits per heavy atom. The summed E-state index contributed by atoms with van der Waals surface area (Å²) in [6, 6.07) is 17.9. The highest BCUT2D eigenvalue weighted by molar-refractivity contribution is 5.56. The molecular weight excluding hydrogens is 480 g/mol. The first-order chi connectivity index (χ1) is 18.0. The van der Waals surface area contributed by atoms with Gasteiger partial charge in [-0.2, -0.15) is 0 Å². The molecule has 3 fully saturated rings. The number of hydrogen-bond acceptors (Lipinski definition) is 6. The van der Waals surface area contributed by atoms with E-state index in [1.807, 2.05) is 12.1 Å². The summed E-state index contributed by atoms with van der Waals surface area (Å²) in [6.45, 7) is 7.56. The van der Waals surface area contributed by atoms with Crippen molar-refractivity contribution in [3.8, 4) is 0 Å². The highest BCUT2D eigenvalue weighted by Gasteiger charge is 3.04. The van der Waals surface area contributed by atoms with Gasteiger partial charge in [0, 0.05) is 18.3 Å². The first-order valence-electron chi connectivity index (χ1n) is 13.6. The van der Waals surface area contributed by atoms with Gasteiger partial charge in [-0.1, -0.05) is 92.1 Å². The van der Waals surface area contributed by atoms with E-state index in [9.17, 15) is 30.6 Å². The smallest absolute Gasteiger partial charge is 0.137 e. The molecule has 3 aliphatic rings. The van der Waals surface area contributed by atoms with Crippen molar-refractivity contribution in [3.05, 3.63) is 97.1 Å². The Kier molecular flexibility index (Phi) is 6.35. The number of aliphatic hydroxyl groups is 6. The fourth-order valence-electron chi connectivity index (χ4n) is 8.63. The molecule has 0 aromatic heterocycles. The molecule has 5 rings (SSSR count). The second-order valence-corrected chi connectivity index (χ2v) is 11.8. The zero-order valence-electron chi connectivity index (χ0n) is 21.9. The van der Waals surface area contributed by atoms with Crippen LogP contribution in [0.5, 0.6) is 0 Å². The van der Waals surface area contributed by atoms with Gasteiger partial charge in [0.1, 0.15) is 33.6 Å². The van der Waals surface area contributed by atoms with Crippen LogP contribution in [0.15, 0.2) is 86.0 Å². The second-order valence-electron chi connectivity index (χ2n) is 11.8. The highest BCUT2D eigenvalue weighted by Crippen LogP contribution is 2.84. The van der Waals surface area contributed by atoms with E-state index < -0.39 is 39.0 Å². The third-order valence-corrected chi connectivity index (χ3v) is 10.3. The van der Waals surface area contributed by atoms with Crippen LogP contribution >= 0.6 is 0 Å². The molecule has 204 valence electrons. The van der Waals surface area contributed by atoms with Crippen molar-refractivity contribution < 1.29 is 30.6 Å². The van der Waals surface area contributed by atoms with Crippen molar-refractivity contribution in [3.63, 3.8) is 0 Å². The van der Waals surface area contributed by atoms with Crippen LogP contribution in [0.4, 0.5) is 0 Å². The van der Waals surface area contributed by atoms with Gasteiger partial charge in [-0.05, 0) is 36.8 Å². The molecule has 38 heavy (non-hydrogen) atoms. The first kappa shape index (κ1) is 27.3. The summed E-state index contributed by atoms with van der Waals surface area (Å²) in [7, 11) is 0. The molecule has 6 nitrogen and oxygen atoms in total. The van der Waals surface area contributed by atoms with E-state index in [-0.39, 0.29) is 25.7 Å². The molecule has 6 atom stereocenters. The average Bonchev–Trinajstić information content (AvgIpc) is 3.34. The van der Waals surface area contributed by atoms with Gasteiger partial charge in [0.05, 0.1) is 0 Å². The summed E-state index contributed by atoms with van der Waals surface area (Å²) in [5.41, 5.74) is -14.7. The lowest BCUT2D eigenvalue weighted by Crippen LogP contribution is -2.88. The van der Waals surface area contributed by atoms with Crippen LogP contribution < -0.4 is 0 Å². The van der Waals surface area contributed by atoms with Crippen molar-refractivity contribution in [2.75, 3.05) is 0 Å². The fraction of sp³-hybridized carbons (Fsp3) is 0.500. The molecule has 0 unspecified atom stereocenters. The van der Waals surface area contributed by atoms with E-state index in [2.05, 4.69) is 13.2 Å². The van der Waals surface area contributed by atoms with Crippen molar-refractivity contribution in [2.45, 2.75) is 91.4 Å². The third kappa shape index (κ3) is 2.88. The van der Waals surface area contributed by atoms with Crippen LogP contribution in [0.3, 0.4) is 0 Å². The zero-order chi connectivity index (χ0) is 27.5. The second kappa shape index (κ2) is 8.85. The van der Waals surface area contributed by atoms with Crippen LogP contribution in [0.25, 0.3) is 0 Å². The van der Waals surface area contributed by atoms with Gasteiger partial charge in [0.15, 0.2) is 0 Å². The van der Waals surface area contributed by atoms with Gasteiger partial charge in [-0.3, -0.25) is 0 Å². The van der Waals surface area contributed by atoms with Crippen LogP contribution in [-0.4, -0.2) is 64.2 Å². The molecular formula is C32H40O6. The number of hydrogen-bond donors (Lipinski definition) is 6. The monoisotopic (exact) mass is 520 g/mol. The number of fused-ring (bicyclic) bond motifs is 3. The quantitative estimate of drug-likeness (QED) is 0.298. The van der Waals surface area contributed by atoms with Gasteiger partial charge in [-0.15, -0.1) is 13.2 Å². The van der Waals surface area contributed by atoms with E-state index in [0.29, 0.717) is 36.8 Å². The molecule has 0 bridgehead atoms. The molecule has 0 aliphatic heterocycles. The summed E-state index contributed by atoms with van der Waals surface area (Å²) in [4.78, 5) is 0. The normalized spacial score (nSPS) is 41.3. The van der Waals surface area contributed by atoms with Crippen LogP contribution in [0.2, 0.25) is 0 Å². The molecule has 3 aliphatic carbocycles. The van der Waals surface area contributed by atoms with Gasteiger partial charge >= 0.3 is 0 Å². The van der Waals surface area contributed by atoms with Crippen molar-refractivity contribution in [1.29, 1.82) is 0 Å². The maximum absolute atomic E-state index is 12.8. The van der Waals surface area contributed by atoms with Crippen LogP contribution in [0.1, 0.15) is 56.1 Å². The van der Waals surface area contributed by atoms with Crippen molar-refractivity contribution in [2.24, 2.45) is 5.41 Å². The largest absolute Gasteiger partial charge is 0.383 e. The first-order valence-corrected chi connectivity index (χ1v) is 13.6. The highest BCUT2D eigenvalue weighted by atomic mass is 16.5. The minimum atomic E-state index is -2.50. The zero-order valence-corrected chi connectivity index (χ0v) is 21.9. The lowest BCUT2D eigenvalue weighted by atomic mass is 9.49. The molecule has 2 aromatic rings. The molecule has 0 saturated heterocycles. The number of benzene rings is 2. The minimum absolute atomic E-state index is 0.250. The summed E-state index contributed by atoms with van der Waals surface area (Å²) < 4.78 is 0. The lowest BCUT2D eigenvalue weighted by Gasteiger charge is -2.64. The Hall–Kier alpha value is -2.32. The topological polar surface area (TPSA) is 121 Å². The summed E-state index contributed by atoms with van der Waals surface area (Å²) in [6.07, 6.45) is 4.46. The van der Waals surface area contributed by atoms with E-state index in [4.69, 9.17) is 0 Å². The lowest BCUT2D eigenvalue weighted by molar-refractivity contribution is -0.379. The summed E-state index contributed by atoms with van der Waals surface area (Å²) in [5.74, 6) is 0. The predicted octanol–water partition coefficient (Wildman–Crippen LogP) is 2.99. The van der Waals surface area contributed by atoms with E-state index in [0.717, 1.165) is 6.42 Å². The molecule has 3 saturated carbocycles. The standard InChI is InChI=1S/C32H40O6/c1-3-18-27(33)28(34,19-4-2)30(36,23-25-16-10-6-11-17-25)32(38)26(20-12-7-13-21-26)31(32,37)29(27,35)22-24-14-8-5-9-15-24/h3-6,8-11,14-17,33-38H,1-2,7,12-13,18-23H2/t27-,28-,29+,30+,31-,32+/m1/s1. The van der Waals surface area contributed by atoms with Gasteiger partial charge < -0.3 is 30.6 Å². The Morgan fingerprint density at radius 1 is 0.553 bits per heavy atom. The molecule has 0 heterocycles. The van der Waals surface area contributed by atoms with E-state index in [1.54, 1.807) is 48.5 Å². The Morgan fingerprint density at radius 3 is 1.26 bits per heavy atom. The molecule has 0 radical (unpaired) electrons. The number of rotatable bonds is 8. The maximum atomic E-state index is 12.8. The Balaban J connectivity index is 1.84. The fourth-order valence-corrected chi connectivity index (χ4v) is 8.63. The van der Waals surface area contributed by atoms with Crippen LogP contribution in [0, 0.1) is 5.41 Å². The van der Waals surface area contributed by atoms with Crippen LogP contribution in [-0.2, 0) is 12.8 Å². The van der Waals surface area contributed by atoms with Crippen molar-refractivity contribution in [1.82, 2.24) is 0 Å². The molecule has 0 amide bonds. The predicted molar refractivity (Wildman–Crippen MR) is 145 cm³/mol. The Labute approximate surface area is 224 Å². The maximum Gasteiger partial charge on any atom is 0.137 e. The van der Waals surface area contributed by atoms with E-state index >= 15 is 0 Å². The molecule has 2 aromatic carbocycles. The minimum Gasteiger partial charge on any atom is -0.383 e. The molecule has 1 spiro atoms. The summed E-state index contributed by atoms with van der Waals surface area (Å²) in [5, 5.41) is 76.4. The van der Waals surface area contributed by atoms with E-state index in [1.165, 1.54) is 12.2 Å². The van der Waals surface area contributed by atoms with Gasteiger partial charge in [0.2, 0.25) is 0 Å². The SMILES string of the molecule is C=CC[C@@]1(O)[C@](O)(CC=C)[C@@](O)(Cc2ccccc2)[C@@]2(O)C3(CCCCC3)[C@@]2(O)[C@]1(O)Cc1ccccc1. The molecule has 6 heteroatoms. The van der Waals surface area contributed by atoms with Gasteiger partial charge in [-0.25, -0.2) is 0 Å². The van der Waals surface area contributed by atoms with Gasteiger partial charge in [0.25, 0.3) is 0 Å². The summed E-state index contributed by atoms with van der Waals surface area (Å²) >= 11 is 0. The Bertz CT molecular complexity index is 1110. The molecule has 6 N–H and O–H groups in total. The average molecular weight is 521 g/mol. The third-order valence-electron chi connectivity index (χ3n) is 10.3. The van der Waals surface area contributed by atoms with Crippen molar-refractivity contribution >= 4 is 0 Å².